The van der Waals surface area contributed by atoms with E-state index < -0.39 is 5.97 Å². The van der Waals surface area contributed by atoms with Crippen molar-refractivity contribution in [3.05, 3.63) is 22.7 Å². The molecule has 0 fully saturated rings. The Kier molecular flexibility index (Phi) is 2.51. The van der Waals surface area contributed by atoms with Crippen molar-refractivity contribution in [1.82, 2.24) is 19.6 Å². The molecule has 0 aliphatic heterocycles. The summed E-state index contributed by atoms with van der Waals surface area (Å²) in [6, 6.07) is 0. The van der Waals surface area contributed by atoms with Crippen LogP contribution in [0.25, 0.3) is 5.78 Å². The van der Waals surface area contributed by atoms with Crippen molar-refractivity contribution in [2.75, 3.05) is 0 Å². The molecule has 0 radical (unpaired) electrons. The van der Waals surface area contributed by atoms with Gasteiger partial charge in [0.05, 0.1) is 11.2 Å². The molecule has 0 atom stereocenters. The number of aromatic carboxylic acids is 1. The lowest BCUT2D eigenvalue weighted by Crippen LogP contribution is -2.08. The first-order chi connectivity index (χ1) is 7.50. The highest BCUT2D eigenvalue weighted by Crippen LogP contribution is 2.17. The zero-order chi connectivity index (χ0) is 11.9. The van der Waals surface area contributed by atoms with Crippen LogP contribution in [0, 0.1) is 0 Å². The van der Waals surface area contributed by atoms with Crippen molar-refractivity contribution in [3.8, 4) is 0 Å². The predicted molar refractivity (Wildman–Crippen MR) is 56.8 cm³/mol. The van der Waals surface area contributed by atoms with Crippen molar-refractivity contribution in [2.45, 2.75) is 19.8 Å². The van der Waals surface area contributed by atoms with Gasteiger partial charge in [-0.05, 0) is 0 Å². The van der Waals surface area contributed by atoms with E-state index in [1.54, 1.807) is 0 Å². The number of halogens is 1. The molecule has 6 nitrogen and oxygen atoms in total. The molecular weight excluding hydrogens is 232 g/mol. The van der Waals surface area contributed by atoms with Gasteiger partial charge in [0.1, 0.15) is 0 Å². The second-order valence-electron chi connectivity index (χ2n) is 3.60. The van der Waals surface area contributed by atoms with Crippen LogP contribution in [-0.4, -0.2) is 30.7 Å². The SMILES string of the molecule is CC(C)c1nc2ncc(Cl)c(C(=O)O)n2n1. The first-order valence-electron chi connectivity index (χ1n) is 4.65. The summed E-state index contributed by atoms with van der Waals surface area (Å²) in [7, 11) is 0. The standard InChI is InChI=1S/C9H9ClN4O2/c1-4(2)7-12-9-11-3-5(10)6(8(15)16)14(9)13-7/h3-4H,1-2H3,(H,15,16). The maximum Gasteiger partial charge on any atom is 0.356 e. The normalized spacial score (nSPS) is 11.2. The van der Waals surface area contributed by atoms with Crippen molar-refractivity contribution < 1.29 is 9.90 Å². The molecule has 2 rings (SSSR count). The molecule has 2 heterocycles. The Hall–Kier alpha value is -1.69. The van der Waals surface area contributed by atoms with Gasteiger partial charge in [-0.3, -0.25) is 0 Å². The maximum absolute atomic E-state index is 11.0. The van der Waals surface area contributed by atoms with Gasteiger partial charge in [-0.1, -0.05) is 25.4 Å². The third kappa shape index (κ3) is 1.61. The largest absolute Gasteiger partial charge is 0.476 e. The first kappa shape index (κ1) is 10.8. The number of aromatic nitrogens is 4. The molecular formula is C9H9ClN4O2. The van der Waals surface area contributed by atoms with E-state index in [0.29, 0.717) is 5.82 Å². The quantitative estimate of drug-likeness (QED) is 0.862. The lowest BCUT2D eigenvalue weighted by atomic mass is 10.2. The van der Waals surface area contributed by atoms with Gasteiger partial charge in [0, 0.05) is 5.92 Å². The van der Waals surface area contributed by atoms with E-state index in [4.69, 9.17) is 16.7 Å². The number of hydrogen-bond acceptors (Lipinski definition) is 4. The van der Waals surface area contributed by atoms with Gasteiger partial charge in [-0.2, -0.15) is 9.50 Å². The van der Waals surface area contributed by atoms with Gasteiger partial charge in [0.25, 0.3) is 5.78 Å². The summed E-state index contributed by atoms with van der Waals surface area (Å²) in [6.45, 7) is 3.83. The zero-order valence-corrected chi connectivity index (χ0v) is 9.43. The van der Waals surface area contributed by atoms with Crippen LogP contribution in [0.1, 0.15) is 36.1 Å². The molecule has 0 bridgehead atoms. The molecule has 0 aromatic carbocycles. The van der Waals surface area contributed by atoms with Crippen LogP contribution in [0.15, 0.2) is 6.20 Å². The molecule has 2 aromatic heterocycles. The van der Waals surface area contributed by atoms with Crippen LogP contribution in [0.4, 0.5) is 0 Å². The van der Waals surface area contributed by atoms with Gasteiger partial charge >= 0.3 is 5.97 Å². The van der Waals surface area contributed by atoms with Gasteiger partial charge in [-0.15, -0.1) is 5.10 Å². The van der Waals surface area contributed by atoms with Crippen molar-refractivity contribution >= 4 is 23.3 Å². The fourth-order valence-electron chi connectivity index (χ4n) is 1.27. The van der Waals surface area contributed by atoms with E-state index in [2.05, 4.69) is 15.1 Å². The Labute approximate surface area is 95.9 Å². The van der Waals surface area contributed by atoms with Crippen molar-refractivity contribution in [2.24, 2.45) is 0 Å². The van der Waals surface area contributed by atoms with Gasteiger partial charge in [0.15, 0.2) is 11.5 Å². The number of rotatable bonds is 2. The minimum atomic E-state index is -1.15. The number of carboxylic acids is 1. The van der Waals surface area contributed by atoms with Crippen LogP contribution in [-0.2, 0) is 0 Å². The lowest BCUT2D eigenvalue weighted by Gasteiger charge is -1.99. The summed E-state index contributed by atoms with van der Waals surface area (Å²) in [5.74, 6) is -0.275. The molecule has 0 aliphatic rings. The molecule has 84 valence electrons. The van der Waals surface area contributed by atoms with E-state index in [1.165, 1.54) is 6.20 Å². The summed E-state index contributed by atoms with van der Waals surface area (Å²) >= 11 is 5.76. The molecule has 0 saturated carbocycles. The highest BCUT2D eigenvalue weighted by Gasteiger charge is 2.18. The topological polar surface area (TPSA) is 80.4 Å². The molecule has 2 aromatic rings. The van der Waals surface area contributed by atoms with E-state index in [0.717, 1.165) is 4.52 Å². The average molecular weight is 241 g/mol. The van der Waals surface area contributed by atoms with Gasteiger partial charge in [0.2, 0.25) is 0 Å². The van der Waals surface area contributed by atoms with Gasteiger partial charge < -0.3 is 5.11 Å². The highest BCUT2D eigenvalue weighted by molar-refractivity contribution is 6.33. The number of carbonyl (C=O) groups is 1. The molecule has 1 N–H and O–H groups in total. The van der Waals surface area contributed by atoms with E-state index >= 15 is 0 Å². The van der Waals surface area contributed by atoms with Crippen LogP contribution >= 0.6 is 11.6 Å². The third-order valence-electron chi connectivity index (χ3n) is 2.06. The predicted octanol–water partition coefficient (Wildman–Crippen LogP) is 1.60. The maximum atomic E-state index is 11.0. The van der Waals surface area contributed by atoms with Crippen LogP contribution < -0.4 is 0 Å². The highest BCUT2D eigenvalue weighted by atomic mass is 35.5. The van der Waals surface area contributed by atoms with Crippen LogP contribution in [0.3, 0.4) is 0 Å². The molecule has 0 unspecified atom stereocenters. The Morgan fingerprint density at radius 1 is 1.56 bits per heavy atom. The zero-order valence-electron chi connectivity index (χ0n) is 8.68. The molecule has 0 saturated heterocycles. The first-order valence-corrected chi connectivity index (χ1v) is 5.03. The summed E-state index contributed by atoms with van der Waals surface area (Å²) in [6.07, 6.45) is 1.26. The Balaban J connectivity index is 2.77. The van der Waals surface area contributed by atoms with E-state index in [-0.39, 0.29) is 22.4 Å². The van der Waals surface area contributed by atoms with Crippen molar-refractivity contribution in [1.29, 1.82) is 0 Å². The van der Waals surface area contributed by atoms with E-state index in [9.17, 15) is 4.79 Å². The fourth-order valence-corrected chi connectivity index (χ4v) is 1.48. The number of hydrogen-bond donors (Lipinski definition) is 1. The Morgan fingerprint density at radius 2 is 2.25 bits per heavy atom. The minimum absolute atomic E-state index is 0.0419. The second-order valence-corrected chi connectivity index (χ2v) is 4.00. The average Bonchev–Trinajstić information content (AvgIpc) is 2.60. The lowest BCUT2D eigenvalue weighted by molar-refractivity contribution is 0.0687. The van der Waals surface area contributed by atoms with Crippen LogP contribution in [0.2, 0.25) is 5.02 Å². The second kappa shape index (κ2) is 3.71. The van der Waals surface area contributed by atoms with Crippen molar-refractivity contribution in [3.63, 3.8) is 0 Å². The van der Waals surface area contributed by atoms with E-state index in [1.807, 2.05) is 13.8 Å². The monoisotopic (exact) mass is 240 g/mol. The minimum Gasteiger partial charge on any atom is -0.476 e. The summed E-state index contributed by atoms with van der Waals surface area (Å²) in [5, 5.41) is 13.1. The van der Waals surface area contributed by atoms with Crippen LogP contribution in [0.5, 0.6) is 0 Å². The molecule has 0 aliphatic carbocycles. The summed E-state index contributed by atoms with van der Waals surface area (Å²) in [4.78, 5) is 19.1. The fraction of sp³-hybridized carbons (Fsp3) is 0.333. The molecule has 7 heteroatoms. The summed E-state index contributed by atoms with van der Waals surface area (Å²) < 4.78 is 1.15. The number of carboxylic acid groups (broad SMARTS) is 1. The smallest absolute Gasteiger partial charge is 0.356 e. The molecule has 0 amide bonds. The molecule has 0 spiro atoms. The Morgan fingerprint density at radius 3 is 2.81 bits per heavy atom. The van der Waals surface area contributed by atoms with Gasteiger partial charge in [-0.25, -0.2) is 9.78 Å². The number of nitrogens with zero attached hydrogens (tertiary/aromatic N) is 4. The third-order valence-corrected chi connectivity index (χ3v) is 2.33. The summed E-state index contributed by atoms with van der Waals surface area (Å²) in [5.41, 5.74) is -0.119. The Bertz CT molecular complexity index is 564. The molecule has 16 heavy (non-hydrogen) atoms. The number of fused-ring (bicyclic) bond motifs is 1.